The van der Waals surface area contributed by atoms with Crippen LogP contribution in [0.2, 0.25) is 0 Å². The molecule has 3 heterocycles. The minimum atomic E-state index is 0.638. The van der Waals surface area contributed by atoms with Crippen LogP contribution < -0.4 is 0 Å². The van der Waals surface area contributed by atoms with Crippen LogP contribution in [0.25, 0.3) is 22.3 Å². The summed E-state index contributed by atoms with van der Waals surface area (Å²) < 4.78 is 0. The van der Waals surface area contributed by atoms with E-state index in [4.69, 9.17) is 0 Å². The van der Waals surface area contributed by atoms with Gasteiger partial charge in [0, 0.05) is 12.4 Å². The third kappa shape index (κ3) is 1.01. The summed E-state index contributed by atoms with van der Waals surface area (Å²) in [4.78, 5) is 16.9. The number of aromatic nitrogens is 4. The van der Waals surface area contributed by atoms with E-state index in [1.54, 1.807) is 12.4 Å². The largest absolute Gasteiger partial charge is 0.241 e. The van der Waals surface area contributed by atoms with Gasteiger partial charge >= 0.3 is 0 Å². The number of hydrogen-bond acceptors (Lipinski definition) is 4. The molecule has 0 saturated carbocycles. The van der Waals surface area contributed by atoms with Crippen LogP contribution in [0, 0.1) is 0 Å². The molecule has 0 aliphatic heterocycles. The summed E-state index contributed by atoms with van der Waals surface area (Å²) in [6.45, 7) is 0. The first-order valence-corrected chi connectivity index (χ1v) is 4.27. The molecule has 14 heavy (non-hydrogen) atoms. The fraction of sp³-hybridized carbons (Fsp3) is 0. The zero-order chi connectivity index (χ0) is 9.38. The molecule has 0 aromatic carbocycles. The molecule has 0 N–H and O–H groups in total. The van der Waals surface area contributed by atoms with Gasteiger partial charge in [0.05, 0.1) is 0 Å². The molecule has 0 unspecified atom stereocenters. The second kappa shape index (κ2) is 2.70. The first-order chi connectivity index (χ1) is 6.93. The molecule has 0 amide bonds. The lowest BCUT2D eigenvalue weighted by Gasteiger charge is -1.97. The third-order valence-electron chi connectivity index (χ3n) is 1.98. The van der Waals surface area contributed by atoms with Gasteiger partial charge in [0.25, 0.3) is 0 Å². The monoisotopic (exact) mass is 182 g/mol. The molecule has 0 aliphatic carbocycles. The van der Waals surface area contributed by atoms with Gasteiger partial charge in [-0.15, -0.1) is 0 Å². The van der Waals surface area contributed by atoms with Gasteiger partial charge in [-0.1, -0.05) is 0 Å². The molecule has 3 aromatic rings. The molecule has 0 radical (unpaired) electrons. The maximum atomic E-state index is 4.39. The average Bonchev–Trinajstić information content (AvgIpc) is 2.26. The highest BCUT2D eigenvalue weighted by atomic mass is 15.0. The molecule has 0 bridgehead atoms. The molecule has 4 nitrogen and oxygen atoms in total. The van der Waals surface area contributed by atoms with Crippen molar-refractivity contribution in [2.45, 2.75) is 0 Å². The highest BCUT2D eigenvalue weighted by molar-refractivity contribution is 5.81. The fourth-order valence-electron chi connectivity index (χ4n) is 1.35. The van der Waals surface area contributed by atoms with Gasteiger partial charge in [-0.2, -0.15) is 0 Å². The van der Waals surface area contributed by atoms with E-state index in [1.807, 2.05) is 24.3 Å². The molecule has 3 rings (SSSR count). The van der Waals surface area contributed by atoms with Crippen LogP contribution in [0.5, 0.6) is 0 Å². The van der Waals surface area contributed by atoms with E-state index in [1.165, 1.54) is 0 Å². The second-order valence-electron chi connectivity index (χ2n) is 2.92. The van der Waals surface area contributed by atoms with Gasteiger partial charge in [-0.05, 0) is 24.3 Å². The van der Waals surface area contributed by atoms with Crippen molar-refractivity contribution in [1.82, 2.24) is 19.9 Å². The van der Waals surface area contributed by atoms with E-state index < -0.39 is 0 Å². The second-order valence-corrected chi connectivity index (χ2v) is 2.92. The molecule has 0 saturated heterocycles. The van der Waals surface area contributed by atoms with Crippen LogP contribution in [0.1, 0.15) is 0 Å². The van der Waals surface area contributed by atoms with Crippen molar-refractivity contribution < 1.29 is 0 Å². The lowest BCUT2D eigenvalue weighted by Crippen LogP contribution is -1.90. The first kappa shape index (κ1) is 7.32. The number of hydrogen-bond donors (Lipinski definition) is 0. The van der Waals surface area contributed by atoms with Gasteiger partial charge < -0.3 is 0 Å². The Morgan fingerprint density at radius 2 is 1.29 bits per heavy atom. The highest BCUT2D eigenvalue weighted by Crippen LogP contribution is 2.10. The number of rotatable bonds is 0. The topological polar surface area (TPSA) is 51.6 Å². The number of pyridine rings is 2. The Labute approximate surface area is 79.7 Å². The van der Waals surface area contributed by atoms with E-state index in [0.717, 1.165) is 11.0 Å². The number of fused-ring (bicyclic) bond motifs is 2. The molecule has 0 spiro atoms. The van der Waals surface area contributed by atoms with Crippen LogP contribution in [0.4, 0.5) is 0 Å². The first-order valence-electron chi connectivity index (χ1n) is 4.27. The van der Waals surface area contributed by atoms with E-state index >= 15 is 0 Å². The maximum Gasteiger partial charge on any atom is 0.180 e. The number of nitrogens with zero attached hydrogens (tertiary/aromatic N) is 4. The molecular formula is C10H6N4. The average molecular weight is 182 g/mol. The van der Waals surface area contributed by atoms with E-state index in [0.29, 0.717) is 11.3 Å². The third-order valence-corrected chi connectivity index (χ3v) is 1.98. The van der Waals surface area contributed by atoms with E-state index in [9.17, 15) is 0 Å². The molecule has 3 aromatic heterocycles. The highest BCUT2D eigenvalue weighted by Gasteiger charge is 2.00. The van der Waals surface area contributed by atoms with Crippen molar-refractivity contribution in [2.24, 2.45) is 0 Å². The van der Waals surface area contributed by atoms with E-state index in [2.05, 4.69) is 19.9 Å². The van der Waals surface area contributed by atoms with Crippen molar-refractivity contribution in [1.29, 1.82) is 0 Å². The standard InChI is InChI=1S/C10H6N4/c1-3-7-9(11-5-1)14-10-8(13-7)4-2-6-12-10/h1-6H. The summed E-state index contributed by atoms with van der Waals surface area (Å²) in [7, 11) is 0. The quantitative estimate of drug-likeness (QED) is 0.495. The van der Waals surface area contributed by atoms with Gasteiger partial charge in [0.2, 0.25) is 0 Å². The Hall–Kier alpha value is -2.10. The van der Waals surface area contributed by atoms with Gasteiger partial charge in [0.15, 0.2) is 11.3 Å². The van der Waals surface area contributed by atoms with Crippen molar-refractivity contribution in [3.63, 3.8) is 0 Å². The maximum absolute atomic E-state index is 4.39. The van der Waals surface area contributed by atoms with Crippen LogP contribution in [0.3, 0.4) is 0 Å². The summed E-state index contributed by atoms with van der Waals surface area (Å²) in [5, 5.41) is 0. The molecule has 0 aliphatic rings. The van der Waals surface area contributed by atoms with Gasteiger partial charge in [-0.25, -0.2) is 19.9 Å². The Balaban J connectivity index is 2.52. The summed E-state index contributed by atoms with van der Waals surface area (Å²) in [5.74, 6) is 0. The lowest BCUT2D eigenvalue weighted by atomic mass is 10.4. The molecule has 4 heteroatoms. The zero-order valence-corrected chi connectivity index (χ0v) is 7.25. The zero-order valence-electron chi connectivity index (χ0n) is 7.25. The Morgan fingerprint density at radius 1 is 0.714 bits per heavy atom. The summed E-state index contributed by atoms with van der Waals surface area (Å²) >= 11 is 0. The van der Waals surface area contributed by atoms with E-state index in [-0.39, 0.29) is 0 Å². The smallest absolute Gasteiger partial charge is 0.180 e. The molecule has 0 atom stereocenters. The summed E-state index contributed by atoms with van der Waals surface area (Å²) in [6.07, 6.45) is 3.40. The van der Waals surface area contributed by atoms with Crippen LogP contribution >= 0.6 is 0 Å². The Kier molecular flexibility index (Phi) is 1.41. The normalized spacial score (nSPS) is 10.9. The van der Waals surface area contributed by atoms with Gasteiger partial charge in [0.1, 0.15) is 11.0 Å². The van der Waals surface area contributed by atoms with Crippen molar-refractivity contribution in [3.8, 4) is 0 Å². The van der Waals surface area contributed by atoms with Crippen molar-refractivity contribution in [3.05, 3.63) is 36.7 Å². The van der Waals surface area contributed by atoms with Crippen LogP contribution in [-0.2, 0) is 0 Å². The Bertz CT molecular complexity index is 501. The fourth-order valence-corrected chi connectivity index (χ4v) is 1.35. The predicted octanol–water partition coefficient (Wildman–Crippen LogP) is 1.57. The SMILES string of the molecule is c1cnc2nc3ncccc3nc2c1. The van der Waals surface area contributed by atoms with Crippen LogP contribution in [0.15, 0.2) is 36.7 Å². The minimum Gasteiger partial charge on any atom is -0.241 e. The molecule has 66 valence electrons. The predicted molar refractivity (Wildman–Crippen MR) is 52.6 cm³/mol. The Morgan fingerprint density at radius 3 is 1.86 bits per heavy atom. The summed E-state index contributed by atoms with van der Waals surface area (Å²) in [5.41, 5.74) is 2.87. The molecule has 0 fully saturated rings. The van der Waals surface area contributed by atoms with Crippen molar-refractivity contribution >= 4 is 22.3 Å². The molecular weight excluding hydrogens is 176 g/mol. The minimum absolute atomic E-state index is 0.638. The lowest BCUT2D eigenvalue weighted by molar-refractivity contribution is 1.23. The van der Waals surface area contributed by atoms with Crippen LogP contribution in [-0.4, -0.2) is 19.9 Å². The summed E-state index contributed by atoms with van der Waals surface area (Å²) in [6, 6.07) is 7.47. The van der Waals surface area contributed by atoms with Crippen molar-refractivity contribution in [2.75, 3.05) is 0 Å². The van der Waals surface area contributed by atoms with Gasteiger partial charge in [-0.3, -0.25) is 0 Å².